The van der Waals surface area contributed by atoms with Crippen LogP contribution in [0.3, 0.4) is 0 Å². The molecule has 0 saturated heterocycles. The van der Waals surface area contributed by atoms with Crippen LogP contribution in [-0.2, 0) is 52.7 Å². The van der Waals surface area contributed by atoms with Gasteiger partial charge in [0.2, 0.25) is 0 Å². The van der Waals surface area contributed by atoms with Gasteiger partial charge in [0.25, 0.3) is 0 Å². The second-order valence-electron chi connectivity index (χ2n) is 2.43. The van der Waals surface area contributed by atoms with Crippen LogP contribution in [0.15, 0.2) is 12.1 Å². The van der Waals surface area contributed by atoms with Crippen LogP contribution in [0.4, 0.5) is 0 Å². The number of unbranched alkanes of at least 4 members (excludes halogenated alkanes) is 2. The molecule has 0 heterocycles. The molecule has 0 aliphatic heterocycles. The van der Waals surface area contributed by atoms with Crippen molar-refractivity contribution in [3.63, 3.8) is 0 Å². The van der Waals surface area contributed by atoms with Crippen molar-refractivity contribution in [1.29, 1.82) is 0 Å². The van der Waals surface area contributed by atoms with Gasteiger partial charge in [0, 0.05) is 0 Å². The van der Waals surface area contributed by atoms with Gasteiger partial charge in [-0.2, -0.15) is 12.8 Å². The van der Waals surface area contributed by atoms with E-state index in [0.29, 0.717) is 0 Å². The van der Waals surface area contributed by atoms with Gasteiger partial charge >= 0.3 is 79.3 Å². The number of rotatable bonds is 2. The van der Waals surface area contributed by atoms with Gasteiger partial charge in [-0.25, -0.2) is 0 Å². The third kappa shape index (κ3) is 85.0. The molecule has 6 heteroatoms. The van der Waals surface area contributed by atoms with E-state index in [1.165, 1.54) is 6.42 Å². The zero-order valence-electron chi connectivity index (χ0n) is 13.0. The molecule has 0 unspecified atom stereocenters. The molecule has 0 atom stereocenters. The third-order valence-electron chi connectivity index (χ3n) is 1.20. The Balaban J connectivity index is -0.0000000315. The SMILES string of the molecule is [C-]#[O+].[C-]#[O+].[C-]#[O+].[C-]#[O+].[CH2-]CCC[CH2-].[Fe+6].[Fe+6].[c-]1[c-][c-][cH-][c-]1.[c-]1[c-][c-][cH-][c-]1. The van der Waals surface area contributed by atoms with Crippen molar-refractivity contribution >= 4 is 0 Å². The Morgan fingerprint density at radius 1 is 0.560 bits per heavy atom. The zero-order chi connectivity index (χ0) is 19.2. The van der Waals surface area contributed by atoms with Crippen molar-refractivity contribution in [2.45, 2.75) is 19.3 Å². The average Bonchev–Trinajstić information content (AvgIpc) is 3.41. The smallest absolute Gasteiger partial charge is 0.999 e. The van der Waals surface area contributed by atoms with E-state index in [1.54, 1.807) is 12.1 Å². The van der Waals surface area contributed by atoms with Crippen LogP contribution in [-0.4, -0.2) is 0 Å². The molecule has 0 aliphatic carbocycles. The minimum Gasteiger partial charge on any atom is -0.999 e. The minimum absolute atomic E-state index is 0. The molecule has 128 valence electrons. The largest absolute Gasteiger partial charge is 6.00 e. The molecular weight excluding hydrogens is 404 g/mol. The molecule has 2 rings (SSSR count). The quantitative estimate of drug-likeness (QED) is 0.410. The Morgan fingerprint density at radius 3 is 0.800 bits per heavy atom. The monoisotopic (exact) mass is 416 g/mol. The van der Waals surface area contributed by atoms with Crippen molar-refractivity contribution in [3.05, 3.63) is 101 Å². The Morgan fingerprint density at radius 2 is 0.760 bits per heavy atom. The summed E-state index contributed by atoms with van der Waals surface area (Å²) in [7, 11) is 0. The first-order valence-electron chi connectivity index (χ1n) is 5.47. The van der Waals surface area contributed by atoms with Crippen LogP contribution < -0.4 is 0 Å². The predicted molar refractivity (Wildman–Crippen MR) is 75.0 cm³/mol. The molecule has 0 aliphatic rings. The molecule has 0 amide bonds. The van der Waals surface area contributed by atoms with E-state index in [4.69, 9.17) is 18.6 Å². The first-order valence-corrected chi connectivity index (χ1v) is 5.47. The normalized spacial score (nSPS) is 5.20. The molecule has 0 fully saturated rings. The van der Waals surface area contributed by atoms with Crippen molar-refractivity contribution in [1.82, 2.24) is 0 Å². The molecule has 4 nitrogen and oxygen atoms in total. The van der Waals surface area contributed by atoms with Crippen molar-refractivity contribution in [3.8, 4) is 0 Å². The van der Waals surface area contributed by atoms with Crippen molar-refractivity contribution in [2.75, 3.05) is 0 Å². The maximum atomic E-state index is 7.50. The summed E-state index contributed by atoms with van der Waals surface area (Å²) in [5.74, 6) is 0. The summed E-state index contributed by atoms with van der Waals surface area (Å²) >= 11 is 0. The Labute approximate surface area is 173 Å². The Kier molecular flexibility index (Phi) is 137. The maximum Gasteiger partial charge on any atom is 6.00 e. The van der Waals surface area contributed by atoms with Crippen LogP contribution in [0.2, 0.25) is 0 Å². The Bertz CT molecular complexity index is 315. The molecule has 0 aromatic heterocycles. The van der Waals surface area contributed by atoms with Crippen molar-refractivity contribution in [2.24, 2.45) is 0 Å². The number of hydrogen-bond donors (Lipinski definition) is 0. The first-order chi connectivity index (χ1) is 11.4. The third-order valence-corrected chi connectivity index (χ3v) is 1.20. The molecule has 2 aromatic rings. The van der Waals surface area contributed by atoms with Crippen molar-refractivity contribution < 1.29 is 52.7 Å². The first kappa shape index (κ1) is 43.8. The molecule has 0 N–H and O–H groups in total. The topological polar surface area (TPSA) is 79.6 Å². The summed E-state index contributed by atoms with van der Waals surface area (Å²) in [6.45, 7) is 25.3. The molecule has 0 saturated carbocycles. The second kappa shape index (κ2) is 78.1. The minimum atomic E-state index is 0. The van der Waals surface area contributed by atoms with Crippen LogP contribution in [0, 0.1) is 89.0 Å². The fraction of sp³-hybridized carbons (Fsp3) is 0.158. The predicted octanol–water partition coefficient (Wildman–Crippen LogP) is 2.88. The molecule has 2 aromatic carbocycles. The van der Waals surface area contributed by atoms with Gasteiger partial charge < -0.3 is 74.5 Å². The summed E-state index contributed by atoms with van der Waals surface area (Å²) in [5, 5.41) is 0. The van der Waals surface area contributed by atoms with E-state index in [-0.39, 0.29) is 34.1 Å². The van der Waals surface area contributed by atoms with Gasteiger partial charge in [-0.3, -0.25) is 0 Å². The summed E-state index contributed by atoms with van der Waals surface area (Å²) < 4.78 is 30.0. The summed E-state index contributed by atoms with van der Waals surface area (Å²) in [5.41, 5.74) is 0. The Hall–Kier alpha value is -1.30. The summed E-state index contributed by atoms with van der Waals surface area (Å²) in [4.78, 5) is 0. The van der Waals surface area contributed by atoms with E-state index in [9.17, 15) is 0 Å². The van der Waals surface area contributed by atoms with Crippen LogP contribution >= 0.6 is 0 Å². The van der Waals surface area contributed by atoms with Crippen LogP contribution in [0.25, 0.3) is 0 Å². The van der Waals surface area contributed by atoms with E-state index < -0.39 is 0 Å². The van der Waals surface area contributed by atoms with Gasteiger partial charge in [-0.1, -0.05) is 0 Å². The molecule has 25 heavy (non-hydrogen) atoms. The fourth-order valence-electron chi connectivity index (χ4n) is 0.538. The average molecular weight is 416 g/mol. The standard InChI is InChI=1S/2C5H.C5H10.4CO.2Fe/c2*1-2-4-5-3-1;1-3-5-4-2;4*1-2;;/h2*1H;1-5H2;;;;;;/q2*-5;-2;;;;;2*+6. The van der Waals surface area contributed by atoms with E-state index >= 15 is 0 Å². The van der Waals surface area contributed by atoms with Crippen LogP contribution in [0.1, 0.15) is 19.3 Å². The maximum absolute atomic E-state index is 7.50. The van der Waals surface area contributed by atoms with Gasteiger partial charge in [0.05, 0.1) is 0 Å². The fourth-order valence-corrected chi connectivity index (χ4v) is 0.538. The molecule has 0 bridgehead atoms. The molecule has 0 spiro atoms. The van der Waals surface area contributed by atoms with E-state index in [0.717, 1.165) is 12.8 Å². The summed E-state index contributed by atoms with van der Waals surface area (Å²) in [6.07, 6.45) is 3.23. The molecular formula is C19H12Fe2O4. The van der Waals surface area contributed by atoms with Gasteiger partial charge in [-0.15, -0.1) is 6.42 Å². The van der Waals surface area contributed by atoms with Crippen LogP contribution in [0.5, 0.6) is 0 Å². The number of hydrogen-bond acceptors (Lipinski definition) is 0. The van der Waals surface area contributed by atoms with Gasteiger partial charge in [-0.05, 0) is 0 Å². The van der Waals surface area contributed by atoms with E-state index in [1.807, 2.05) is 0 Å². The van der Waals surface area contributed by atoms with Gasteiger partial charge in [0.1, 0.15) is 0 Å². The second-order valence-corrected chi connectivity index (χ2v) is 2.43. The summed E-state index contributed by atoms with van der Waals surface area (Å²) in [6, 6.07) is 24.0. The van der Waals surface area contributed by atoms with Gasteiger partial charge in [0.15, 0.2) is 0 Å². The van der Waals surface area contributed by atoms with E-state index in [2.05, 4.69) is 89.0 Å². The zero-order valence-corrected chi connectivity index (χ0v) is 15.2. The molecule has 0 radical (unpaired) electrons.